The molecule has 1 saturated heterocycles. The maximum atomic E-state index is 5.03. The summed E-state index contributed by atoms with van der Waals surface area (Å²) in [5.74, 6) is 3.30. The van der Waals surface area contributed by atoms with Gasteiger partial charge in [0.1, 0.15) is 0 Å². The van der Waals surface area contributed by atoms with Crippen molar-refractivity contribution in [3.05, 3.63) is 5.82 Å². The van der Waals surface area contributed by atoms with Crippen LogP contribution in [0.5, 0.6) is 0 Å². The molecule has 1 N–H and O–H groups in total. The highest BCUT2D eigenvalue weighted by Crippen LogP contribution is 2.27. The van der Waals surface area contributed by atoms with Crippen molar-refractivity contribution in [3.8, 4) is 0 Å². The molecular weight excluding hydrogens is 250 g/mol. The summed E-state index contributed by atoms with van der Waals surface area (Å²) in [7, 11) is 1.70. The second kappa shape index (κ2) is 7.06. The van der Waals surface area contributed by atoms with E-state index in [-0.39, 0.29) is 6.04 Å². The van der Waals surface area contributed by atoms with Crippen LogP contribution in [-0.4, -0.2) is 52.0 Å². The molecule has 0 radical (unpaired) electrons. The zero-order valence-electron chi connectivity index (χ0n) is 11.0. The Kier molecular flexibility index (Phi) is 5.40. The molecule has 0 saturated carbocycles. The van der Waals surface area contributed by atoms with Crippen LogP contribution in [0, 0.1) is 0 Å². The average Bonchev–Trinajstić information content (AvgIpc) is 2.89. The molecule has 0 amide bonds. The molecule has 1 aromatic rings. The highest BCUT2D eigenvalue weighted by molar-refractivity contribution is 7.99. The van der Waals surface area contributed by atoms with E-state index in [1.807, 2.05) is 16.4 Å². The second-order valence-electron chi connectivity index (χ2n) is 4.52. The van der Waals surface area contributed by atoms with Gasteiger partial charge in [0.15, 0.2) is 5.82 Å². The Morgan fingerprint density at radius 1 is 1.61 bits per heavy atom. The lowest BCUT2D eigenvalue weighted by atomic mass is 10.2. The number of thioether (sulfide) groups is 1. The lowest BCUT2D eigenvalue weighted by molar-refractivity contribution is 0.195. The van der Waals surface area contributed by atoms with Crippen molar-refractivity contribution in [2.45, 2.75) is 31.8 Å². The first kappa shape index (κ1) is 13.8. The molecule has 7 heteroatoms. The summed E-state index contributed by atoms with van der Waals surface area (Å²) in [6, 6.07) is 0.600. The molecular formula is C11H21N5OS. The molecule has 1 aromatic heterocycles. The van der Waals surface area contributed by atoms with Gasteiger partial charge in [0.05, 0.1) is 18.7 Å². The van der Waals surface area contributed by atoms with Crippen LogP contribution in [0.2, 0.25) is 0 Å². The predicted molar refractivity (Wildman–Crippen MR) is 71.7 cm³/mol. The van der Waals surface area contributed by atoms with Crippen LogP contribution in [0.3, 0.4) is 0 Å². The number of methoxy groups -OCH3 is 1. The number of aromatic nitrogens is 4. The lowest BCUT2D eigenvalue weighted by Crippen LogP contribution is -2.28. The van der Waals surface area contributed by atoms with Crippen LogP contribution < -0.4 is 5.32 Å². The summed E-state index contributed by atoms with van der Waals surface area (Å²) in [6.07, 6.45) is 2.43. The normalized spacial score (nSPS) is 22.0. The van der Waals surface area contributed by atoms with Crippen molar-refractivity contribution < 1.29 is 4.74 Å². The Bertz CT molecular complexity index is 353. The van der Waals surface area contributed by atoms with Gasteiger partial charge in [-0.05, 0) is 35.9 Å². The third-order valence-corrected chi connectivity index (χ3v) is 4.34. The minimum atomic E-state index is 0.155. The molecule has 0 aromatic carbocycles. The van der Waals surface area contributed by atoms with Crippen molar-refractivity contribution in [1.29, 1.82) is 0 Å². The fourth-order valence-electron chi connectivity index (χ4n) is 2.13. The monoisotopic (exact) mass is 271 g/mol. The van der Waals surface area contributed by atoms with E-state index in [0.29, 0.717) is 12.6 Å². The number of nitrogens with one attached hydrogen (secondary N) is 1. The summed E-state index contributed by atoms with van der Waals surface area (Å²) in [5, 5.41) is 15.5. The zero-order valence-corrected chi connectivity index (χ0v) is 11.8. The number of hydrogen-bond acceptors (Lipinski definition) is 6. The van der Waals surface area contributed by atoms with Gasteiger partial charge in [-0.25, -0.2) is 4.68 Å². The molecule has 0 spiro atoms. The van der Waals surface area contributed by atoms with Gasteiger partial charge in [-0.15, -0.1) is 5.10 Å². The molecule has 0 aliphatic carbocycles. The van der Waals surface area contributed by atoms with Gasteiger partial charge >= 0.3 is 0 Å². The summed E-state index contributed by atoms with van der Waals surface area (Å²) in [6.45, 7) is 3.60. The highest BCUT2D eigenvalue weighted by Gasteiger charge is 2.22. The van der Waals surface area contributed by atoms with E-state index in [0.717, 1.165) is 18.1 Å². The molecule has 1 aliphatic heterocycles. The van der Waals surface area contributed by atoms with E-state index in [9.17, 15) is 0 Å². The fourth-order valence-corrected chi connectivity index (χ4v) is 3.25. The number of tetrazole rings is 1. The Balaban J connectivity index is 1.97. The molecule has 2 atom stereocenters. The van der Waals surface area contributed by atoms with Gasteiger partial charge in [0.25, 0.3) is 0 Å². The van der Waals surface area contributed by atoms with Gasteiger partial charge < -0.3 is 10.1 Å². The van der Waals surface area contributed by atoms with E-state index >= 15 is 0 Å². The largest absolute Gasteiger partial charge is 0.383 e. The van der Waals surface area contributed by atoms with E-state index in [4.69, 9.17) is 4.74 Å². The topological polar surface area (TPSA) is 64.9 Å². The minimum absolute atomic E-state index is 0.155. The van der Waals surface area contributed by atoms with Crippen molar-refractivity contribution in [2.75, 3.05) is 31.8 Å². The maximum Gasteiger partial charge on any atom is 0.168 e. The predicted octanol–water partition coefficient (Wildman–Crippen LogP) is 1.04. The van der Waals surface area contributed by atoms with Gasteiger partial charge in [-0.1, -0.05) is 0 Å². The molecule has 0 bridgehead atoms. The molecule has 2 rings (SSSR count). The van der Waals surface area contributed by atoms with Crippen molar-refractivity contribution >= 4 is 11.8 Å². The third-order valence-electron chi connectivity index (χ3n) is 3.14. The highest BCUT2D eigenvalue weighted by atomic mass is 32.2. The van der Waals surface area contributed by atoms with Gasteiger partial charge in [-0.2, -0.15) is 11.8 Å². The van der Waals surface area contributed by atoms with Crippen LogP contribution in [-0.2, 0) is 4.74 Å². The molecule has 1 fully saturated rings. The zero-order chi connectivity index (χ0) is 12.8. The third kappa shape index (κ3) is 3.43. The van der Waals surface area contributed by atoms with E-state index < -0.39 is 0 Å². The molecule has 2 heterocycles. The number of rotatable bonds is 6. The quantitative estimate of drug-likeness (QED) is 0.780. The van der Waals surface area contributed by atoms with Crippen molar-refractivity contribution in [3.63, 3.8) is 0 Å². The van der Waals surface area contributed by atoms with Crippen LogP contribution in [0.15, 0.2) is 0 Å². The van der Waals surface area contributed by atoms with Gasteiger partial charge in [0.2, 0.25) is 0 Å². The SMILES string of the molecule is COCCNC(C)c1nnnn1C1CCCSC1. The lowest BCUT2D eigenvalue weighted by Gasteiger charge is -2.23. The Morgan fingerprint density at radius 3 is 3.22 bits per heavy atom. The second-order valence-corrected chi connectivity index (χ2v) is 5.67. The molecule has 102 valence electrons. The molecule has 6 nitrogen and oxygen atoms in total. The maximum absolute atomic E-state index is 5.03. The molecule has 18 heavy (non-hydrogen) atoms. The Hall–Kier alpha value is -0.660. The number of nitrogens with zero attached hydrogens (tertiary/aromatic N) is 4. The van der Waals surface area contributed by atoms with E-state index in [2.05, 4.69) is 27.8 Å². The molecule has 2 unspecified atom stereocenters. The summed E-state index contributed by atoms with van der Waals surface area (Å²) >= 11 is 1.99. The summed E-state index contributed by atoms with van der Waals surface area (Å²) < 4.78 is 7.03. The van der Waals surface area contributed by atoms with Crippen LogP contribution in [0.1, 0.15) is 37.7 Å². The van der Waals surface area contributed by atoms with E-state index in [1.165, 1.54) is 18.6 Å². The Morgan fingerprint density at radius 2 is 2.50 bits per heavy atom. The van der Waals surface area contributed by atoms with E-state index in [1.54, 1.807) is 7.11 Å². The number of ether oxygens (including phenoxy) is 1. The first-order valence-corrected chi connectivity index (χ1v) is 7.56. The average molecular weight is 271 g/mol. The van der Waals surface area contributed by atoms with Crippen LogP contribution in [0.4, 0.5) is 0 Å². The first-order chi connectivity index (χ1) is 8.83. The summed E-state index contributed by atoms with van der Waals surface area (Å²) in [4.78, 5) is 0. The minimum Gasteiger partial charge on any atom is -0.383 e. The number of hydrogen-bond donors (Lipinski definition) is 1. The van der Waals surface area contributed by atoms with Crippen LogP contribution >= 0.6 is 11.8 Å². The standard InChI is InChI=1S/C11H21N5OS/c1-9(12-5-6-17-2)11-13-14-15-16(11)10-4-3-7-18-8-10/h9-10,12H,3-8H2,1-2H3. The van der Waals surface area contributed by atoms with Gasteiger partial charge in [0, 0.05) is 19.4 Å². The van der Waals surface area contributed by atoms with Crippen molar-refractivity contribution in [2.24, 2.45) is 0 Å². The summed E-state index contributed by atoms with van der Waals surface area (Å²) in [5.41, 5.74) is 0. The van der Waals surface area contributed by atoms with Crippen LogP contribution in [0.25, 0.3) is 0 Å². The fraction of sp³-hybridized carbons (Fsp3) is 0.909. The molecule has 1 aliphatic rings. The first-order valence-electron chi connectivity index (χ1n) is 6.40. The van der Waals surface area contributed by atoms with Crippen molar-refractivity contribution in [1.82, 2.24) is 25.5 Å². The Labute approximate surface area is 112 Å². The van der Waals surface area contributed by atoms with Gasteiger partial charge in [-0.3, -0.25) is 0 Å². The smallest absolute Gasteiger partial charge is 0.168 e.